The number of aromatic carboxylic acids is 1. The lowest BCUT2D eigenvalue weighted by Crippen LogP contribution is -2.44. The molecule has 1 aliphatic rings. The number of carbonyl (C=O) groups excluding carboxylic acids is 1. The summed E-state index contributed by atoms with van der Waals surface area (Å²) in [5.41, 5.74) is 0.149. The first kappa shape index (κ1) is 17.1. The summed E-state index contributed by atoms with van der Waals surface area (Å²) in [6, 6.07) is 6.48. The van der Waals surface area contributed by atoms with E-state index in [2.05, 4.69) is 15.4 Å². The van der Waals surface area contributed by atoms with E-state index in [4.69, 9.17) is 5.11 Å². The van der Waals surface area contributed by atoms with Crippen molar-refractivity contribution in [2.24, 2.45) is 0 Å². The second-order valence-corrected chi connectivity index (χ2v) is 6.70. The molecule has 138 valence electrons. The van der Waals surface area contributed by atoms with Crippen molar-refractivity contribution >= 4 is 17.5 Å². The summed E-state index contributed by atoms with van der Waals surface area (Å²) >= 11 is 0. The third-order valence-electron chi connectivity index (χ3n) is 5.05. The van der Waals surface area contributed by atoms with E-state index < -0.39 is 17.4 Å². The van der Waals surface area contributed by atoms with E-state index in [0.717, 1.165) is 12.8 Å². The first-order valence-corrected chi connectivity index (χ1v) is 8.64. The number of fused-ring (bicyclic) bond motifs is 1. The van der Waals surface area contributed by atoms with Crippen LogP contribution in [0.5, 0.6) is 0 Å². The molecule has 3 aromatic rings. The maximum Gasteiger partial charge on any atom is 0.338 e. The Morgan fingerprint density at radius 1 is 1.19 bits per heavy atom. The molecule has 2 heterocycles. The molecule has 0 aliphatic heterocycles. The highest BCUT2D eigenvalue weighted by molar-refractivity contribution is 6.00. The van der Waals surface area contributed by atoms with Gasteiger partial charge in [-0.2, -0.15) is 5.10 Å². The molecular weight excluding hydrogens is 351 g/mol. The van der Waals surface area contributed by atoms with Crippen molar-refractivity contribution in [3.05, 3.63) is 65.4 Å². The first-order chi connectivity index (χ1) is 13.0. The molecular formula is C19H17FN4O3. The van der Waals surface area contributed by atoms with Gasteiger partial charge in [0.25, 0.3) is 5.91 Å². The minimum Gasteiger partial charge on any atom is -0.478 e. The average molecular weight is 368 g/mol. The number of halogens is 1. The van der Waals surface area contributed by atoms with Crippen LogP contribution in [-0.4, -0.2) is 31.6 Å². The second-order valence-electron chi connectivity index (χ2n) is 6.70. The molecule has 2 N–H and O–H groups in total. The normalized spacial score (nSPS) is 15.7. The minimum atomic E-state index is -1.13. The number of amides is 1. The van der Waals surface area contributed by atoms with Crippen LogP contribution in [-0.2, 0) is 5.54 Å². The van der Waals surface area contributed by atoms with Gasteiger partial charge in [0.15, 0.2) is 5.65 Å². The SMILES string of the molecule is O=C(O)c1cnc2c(C(=O)NC3(c4ccccc4F)CCCC3)cnn2c1. The van der Waals surface area contributed by atoms with Gasteiger partial charge in [0, 0.05) is 18.0 Å². The van der Waals surface area contributed by atoms with Crippen LogP contribution in [0.15, 0.2) is 42.9 Å². The molecule has 0 unspecified atom stereocenters. The largest absolute Gasteiger partial charge is 0.478 e. The Morgan fingerprint density at radius 3 is 2.63 bits per heavy atom. The van der Waals surface area contributed by atoms with E-state index >= 15 is 0 Å². The summed E-state index contributed by atoms with van der Waals surface area (Å²) in [5.74, 6) is -1.88. The van der Waals surface area contributed by atoms with E-state index in [0.29, 0.717) is 18.4 Å². The summed E-state index contributed by atoms with van der Waals surface area (Å²) in [5, 5.41) is 16.1. The van der Waals surface area contributed by atoms with E-state index in [1.165, 1.54) is 29.2 Å². The summed E-state index contributed by atoms with van der Waals surface area (Å²) in [7, 11) is 0. The fourth-order valence-corrected chi connectivity index (χ4v) is 3.72. The van der Waals surface area contributed by atoms with Crippen LogP contribution in [0.2, 0.25) is 0 Å². The van der Waals surface area contributed by atoms with Crippen molar-refractivity contribution in [2.75, 3.05) is 0 Å². The minimum absolute atomic E-state index is 0.0313. The van der Waals surface area contributed by atoms with Crippen molar-refractivity contribution in [2.45, 2.75) is 31.2 Å². The highest BCUT2D eigenvalue weighted by Crippen LogP contribution is 2.40. The Balaban J connectivity index is 1.69. The molecule has 7 nitrogen and oxygen atoms in total. The number of carboxylic acids is 1. The van der Waals surface area contributed by atoms with Crippen LogP contribution in [0.1, 0.15) is 52.0 Å². The van der Waals surface area contributed by atoms with Gasteiger partial charge in [-0.15, -0.1) is 0 Å². The van der Waals surface area contributed by atoms with Gasteiger partial charge in [0.2, 0.25) is 0 Å². The smallest absolute Gasteiger partial charge is 0.338 e. The molecule has 1 amide bonds. The molecule has 0 bridgehead atoms. The number of hydrogen-bond acceptors (Lipinski definition) is 4. The van der Waals surface area contributed by atoms with Crippen molar-refractivity contribution in [3.8, 4) is 0 Å². The quantitative estimate of drug-likeness (QED) is 0.738. The zero-order chi connectivity index (χ0) is 19.0. The summed E-state index contributed by atoms with van der Waals surface area (Å²) in [6.45, 7) is 0. The predicted molar refractivity (Wildman–Crippen MR) is 94.0 cm³/mol. The van der Waals surface area contributed by atoms with Gasteiger partial charge in [-0.1, -0.05) is 31.0 Å². The lowest BCUT2D eigenvalue weighted by Gasteiger charge is -2.31. The second kappa shape index (κ2) is 6.46. The summed E-state index contributed by atoms with van der Waals surface area (Å²) in [6.07, 6.45) is 6.90. The van der Waals surface area contributed by atoms with Gasteiger partial charge < -0.3 is 10.4 Å². The number of rotatable bonds is 4. The van der Waals surface area contributed by atoms with Gasteiger partial charge in [0.1, 0.15) is 11.4 Å². The van der Waals surface area contributed by atoms with Gasteiger partial charge in [-0.3, -0.25) is 4.79 Å². The predicted octanol–water partition coefficient (Wildman–Crippen LogP) is 2.77. The monoisotopic (exact) mass is 368 g/mol. The number of nitrogens with zero attached hydrogens (tertiary/aromatic N) is 3. The standard InChI is InChI=1S/C19H17FN4O3/c20-15-6-2-1-5-14(15)19(7-3-4-8-19)23-17(25)13-10-22-24-11-12(18(26)27)9-21-16(13)24/h1-2,5-6,9-11H,3-4,7-8H2,(H,23,25)(H,26,27). The summed E-state index contributed by atoms with van der Waals surface area (Å²) in [4.78, 5) is 28.0. The topological polar surface area (TPSA) is 96.6 Å². The fourth-order valence-electron chi connectivity index (χ4n) is 3.72. The molecule has 1 aromatic carbocycles. The number of benzene rings is 1. The number of aromatic nitrogens is 3. The zero-order valence-electron chi connectivity index (χ0n) is 14.4. The molecule has 0 atom stereocenters. The Bertz CT molecular complexity index is 1040. The zero-order valence-corrected chi connectivity index (χ0v) is 14.4. The van der Waals surface area contributed by atoms with Crippen LogP contribution in [0, 0.1) is 5.82 Å². The van der Waals surface area contributed by atoms with Crippen molar-refractivity contribution < 1.29 is 19.1 Å². The van der Waals surface area contributed by atoms with Crippen LogP contribution < -0.4 is 5.32 Å². The third-order valence-corrected chi connectivity index (χ3v) is 5.05. The van der Waals surface area contributed by atoms with Gasteiger partial charge >= 0.3 is 5.97 Å². The Morgan fingerprint density at radius 2 is 1.93 bits per heavy atom. The highest BCUT2D eigenvalue weighted by Gasteiger charge is 2.39. The Hall–Kier alpha value is -3.29. The van der Waals surface area contributed by atoms with Gasteiger partial charge in [-0.25, -0.2) is 18.7 Å². The van der Waals surface area contributed by atoms with Crippen LogP contribution in [0.4, 0.5) is 4.39 Å². The molecule has 1 fully saturated rings. The molecule has 8 heteroatoms. The van der Waals surface area contributed by atoms with Crippen LogP contribution in [0.3, 0.4) is 0 Å². The van der Waals surface area contributed by atoms with Crippen molar-refractivity contribution in [1.29, 1.82) is 0 Å². The third kappa shape index (κ3) is 2.92. The van der Waals surface area contributed by atoms with E-state index in [1.54, 1.807) is 18.2 Å². The lowest BCUT2D eigenvalue weighted by molar-refractivity contribution is 0.0695. The van der Waals surface area contributed by atoms with E-state index in [9.17, 15) is 14.0 Å². The number of carboxylic acid groups (broad SMARTS) is 1. The van der Waals surface area contributed by atoms with Gasteiger partial charge in [-0.05, 0) is 18.9 Å². The molecule has 1 saturated carbocycles. The first-order valence-electron chi connectivity index (χ1n) is 8.64. The molecule has 4 rings (SSSR count). The summed E-state index contributed by atoms with van der Waals surface area (Å²) < 4.78 is 15.7. The van der Waals surface area contributed by atoms with E-state index in [1.807, 2.05) is 0 Å². The molecule has 27 heavy (non-hydrogen) atoms. The van der Waals surface area contributed by atoms with Crippen molar-refractivity contribution in [3.63, 3.8) is 0 Å². The van der Waals surface area contributed by atoms with Gasteiger partial charge in [0.05, 0.1) is 17.3 Å². The van der Waals surface area contributed by atoms with Crippen LogP contribution in [0.25, 0.3) is 5.65 Å². The molecule has 0 radical (unpaired) electrons. The maximum absolute atomic E-state index is 14.4. The Labute approximate surface area is 153 Å². The average Bonchev–Trinajstić information content (AvgIpc) is 3.29. The lowest BCUT2D eigenvalue weighted by atomic mass is 9.87. The molecule has 2 aromatic heterocycles. The molecule has 1 aliphatic carbocycles. The number of carbonyl (C=O) groups is 2. The van der Waals surface area contributed by atoms with Crippen molar-refractivity contribution in [1.82, 2.24) is 19.9 Å². The molecule has 0 saturated heterocycles. The molecule has 0 spiro atoms. The maximum atomic E-state index is 14.4. The van der Waals surface area contributed by atoms with E-state index in [-0.39, 0.29) is 22.6 Å². The Kier molecular flexibility index (Phi) is 4.10. The highest BCUT2D eigenvalue weighted by atomic mass is 19.1. The van der Waals surface area contributed by atoms with Crippen LogP contribution >= 0.6 is 0 Å². The number of hydrogen-bond donors (Lipinski definition) is 2. The number of nitrogens with one attached hydrogen (secondary N) is 1. The fraction of sp³-hybridized carbons (Fsp3) is 0.263.